The highest BCUT2D eigenvalue weighted by atomic mass is 16.5. The fourth-order valence-corrected chi connectivity index (χ4v) is 3.71. The molecular weight excluding hydrogens is 396 g/mol. The Morgan fingerprint density at radius 3 is 2.00 bits per heavy atom. The van der Waals surface area contributed by atoms with Gasteiger partial charge in [0.2, 0.25) is 0 Å². The third-order valence-electron chi connectivity index (χ3n) is 5.35. The van der Waals surface area contributed by atoms with Crippen LogP contribution in [0.1, 0.15) is 21.7 Å². The van der Waals surface area contributed by atoms with Gasteiger partial charge in [0, 0.05) is 43.5 Å². The van der Waals surface area contributed by atoms with Crippen LogP contribution in [0.25, 0.3) is 5.82 Å². The van der Waals surface area contributed by atoms with Crippen LogP contribution >= 0.6 is 0 Å². The van der Waals surface area contributed by atoms with Crippen molar-refractivity contribution in [2.24, 2.45) is 0 Å². The van der Waals surface area contributed by atoms with Crippen molar-refractivity contribution in [3.8, 4) is 17.3 Å². The van der Waals surface area contributed by atoms with Gasteiger partial charge in [-0.15, -0.1) is 10.2 Å². The van der Waals surface area contributed by atoms with Crippen LogP contribution in [-0.4, -0.2) is 71.2 Å². The number of anilines is 1. The van der Waals surface area contributed by atoms with Gasteiger partial charge in [0.1, 0.15) is 11.5 Å². The number of aryl methyl sites for hydroxylation is 2. The molecule has 1 fully saturated rings. The first-order chi connectivity index (χ1) is 15.0. The van der Waals surface area contributed by atoms with Crippen molar-refractivity contribution in [3.05, 3.63) is 53.3 Å². The molecule has 31 heavy (non-hydrogen) atoms. The zero-order valence-corrected chi connectivity index (χ0v) is 18.2. The SMILES string of the molecule is COc1cc(OC)cc(C(=O)N2CCN(c3ccc(-n4nc(C)cc4C)nn3)CC2)c1. The molecule has 0 bridgehead atoms. The lowest BCUT2D eigenvalue weighted by Gasteiger charge is -2.35. The van der Waals surface area contributed by atoms with Crippen molar-refractivity contribution in [3.63, 3.8) is 0 Å². The number of nitrogens with zero attached hydrogens (tertiary/aromatic N) is 6. The quantitative estimate of drug-likeness (QED) is 0.623. The number of ether oxygens (including phenoxy) is 2. The molecule has 0 spiro atoms. The van der Waals surface area contributed by atoms with Crippen LogP contribution in [0.4, 0.5) is 5.82 Å². The van der Waals surface area contributed by atoms with E-state index in [9.17, 15) is 4.79 Å². The summed E-state index contributed by atoms with van der Waals surface area (Å²) in [4.78, 5) is 16.9. The molecule has 3 aromatic rings. The van der Waals surface area contributed by atoms with E-state index < -0.39 is 0 Å². The molecule has 1 aromatic carbocycles. The molecule has 1 aliphatic rings. The van der Waals surface area contributed by atoms with Crippen LogP contribution in [0, 0.1) is 13.8 Å². The van der Waals surface area contributed by atoms with Crippen LogP contribution in [0.3, 0.4) is 0 Å². The van der Waals surface area contributed by atoms with Crippen molar-refractivity contribution in [2.45, 2.75) is 13.8 Å². The fraction of sp³-hybridized carbons (Fsp3) is 0.364. The maximum Gasteiger partial charge on any atom is 0.254 e. The van der Waals surface area contributed by atoms with Crippen molar-refractivity contribution >= 4 is 11.7 Å². The standard InChI is InChI=1S/C22H26N6O3/c1-15-11-16(2)28(25-15)21-6-5-20(23-24-21)26-7-9-27(10-8-26)22(29)17-12-18(30-3)14-19(13-17)31-4/h5-6,11-14H,7-10H2,1-4H3. The number of benzene rings is 1. The van der Waals surface area contributed by atoms with Gasteiger partial charge in [-0.05, 0) is 44.2 Å². The van der Waals surface area contributed by atoms with Crippen LogP contribution < -0.4 is 14.4 Å². The van der Waals surface area contributed by atoms with E-state index in [1.165, 1.54) is 0 Å². The Bertz CT molecular complexity index is 1050. The van der Waals surface area contributed by atoms with E-state index in [-0.39, 0.29) is 5.91 Å². The highest BCUT2D eigenvalue weighted by molar-refractivity contribution is 5.95. The van der Waals surface area contributed by atoms with Gasteiger partial charge in [-0.3, -0.25) is 4.79 Å². The van der Waals surface area contributed by atoms with Gasteiger partial charge in [-0.2, -0.15) is 5.10 Å². The minimum atomic E-state index is -0.0391. The molecule has 3 heterocycles. The second-order valence-electron chi connectivity index (χ2n) is 7.47. The van der Waals surface area contributed by atoms with Gasteiger partial charge in [-0.25, -0.2) is 4.68 Å². The average Bonchev–Trinajstić information content (AvgIpc) is 3.16. The van der Waals surface area contributed by atoms with Crippen molar-refractivity contribution in [1.29, 1.82) is 0 Å². The van der Waals surface area contributed by atoms with Crippen molar-refractivity contribution in [1.82, 2.24) is 24.9 Å². The van der Waals surface area contributed by atoms with Crippen LogP contribution in [0.2, 0.25) is 0 Å². The third-order valence-corrected chi connectivity index (χ3v) is 5.35. The van der Waals surface area contributed by atoms with Gasteiger partial charge >= 0.3 is 0 Å². The summed E-state index contributed by atoms with van der Waals surface area (Å²) in [6.45, 7) is 6.50. The smallest absolute Gasteiger partial charge is 0.254 e. The van der Waals surface area contributed by atoms with Gasteiger partial charge in [0.25, 0.3) is 5.91 Å². The number of rotatable bonds is 5. The first-order valence-corrected chi connectivity index (χ1v) is 10.1. The molecule has 0 radical (unpaired) electrons. The highest BCUT2D eigenvalue weighted by Crippen LogP contribution is 2.24. The predicted molar refractivity (Wildman–Crippen MR) is 116 cm³/mol. The summed E-state index contributed by atoms with van der Waals surface area (Å²) in [7, 11) is 3.14. The van der Waals surface area contributed by atoms with E-state index in [0.717, 1.165) is 17.2 Å². The van der Waals surface area contributed by atoms with E-state index in [0.29, 0.717) is 49.1 Å². The Morgan fingerprint density at radius 1 is 0.871 bits per heavy atom. The number of carbonyl (C=O) groups is 1. The van der Waals surface area contributed by atoms with E-state index >= 15 is 0 Å². The first kappa shape index (κ1) is 20.6. The lowest BCUT2D eigenvalue weighted by atomic mass is 10.1. The van der Waals surface area contributed by atoms with Gasteiger partial charge in [0.05, 0.1) is 19.9 Å². The first-order valence-electron chi connectivity index (χ1n) is 10.1. The number of piperazine rings is 1. The maximum absolute atomic E-state index is 13.0. The Morgan fingerprint density at radius 2 is 1.48 bits per heavy atom. The summed E-state index contributed by atoms with van der Waals surface area (Å²) in [5, 5.41) is 13.2. The molecule has 1 saturated heterocycles. The van der Waals surface area contributed by atoms with E-state index in [2.05, 4.69) is 20.2 Å². The minimum absolute atomic E-state index is 0.0391. The average molecular weight is 422 g/mol. The Kier molecular flexibility index (Phi) is 5.75. The summed E-state index contributed by atoms with van der Waals surface area (Å²) >= 11 is 0. The topological polar surface area (TPSA) is 85.6 Å². The molecular formula is C22H26N6O3. The molecule has 0 aliphatic carbocycles. The van der Waals surface area contributed by atoms with Crippen LogP contribution in [0.15, 0.2) is 36.4 Å². The Labute approximate surface area is 181 Å². The van der Waals surface area contributed by atoms with Crippen molar-refractivity contribution in [2.75, 3.05) is 45.3 Å². The number of carbonyl (C=O) groups excluding carboxylic acids is 1. The predicted octanol–water partition coefficient (Wildman–Crippen LogP) is 2.26. The molecule has 1 amide bonds. The molecule has 2 aromatic heterocycles. The summed E-state index contributed by atoms with van der Waals surface area (Å²) in [6.07, 6.45) is 0. The molecule has 0 atom stereocenters. The lowest BCUT2D eigenvalue weighted by Crippen LogP contribution is -2.49. The summed E-state index contributed by atoms with van der Waals surface area (Å²) in [5.41, 5.74) is 2.51. The third kappa shape index (κ3) is 4.30. The molecule has 4 rings (SSSR count). The highest BCUT2D eigenvalue weighted by Gasteiger charge is 2.24. The molecule has 162 valence electrons. The Balaban J connectivity index is 1.42. The van der Waals surface area contributed by atoms with E-state index in [4.69, 9.17) is 9.47 Å². The van der Waals surface area contributed by atoms with E-state index in [1.54, 1.807) is 37.1 Å². The number of hydrogen-bond donors (Lipinski definition) is 0. The molecule has 0 saturated carbocycles. The van der Waals surface area contributed by atoms with Gasteiger partial charge in [-0.1, -0.05) is 0 Å². The fourth-order valence-electron chi connectivity index (χ4n) is 3.71. The largest absolute Gasteiger partial charge is 0.497 e. The summed E-state index contributed by atoms with van der Waals surface area (Å²) in [5.74, 6) is 2.64. The monoisotopic (exact) mass is 422 g/mol. The number of amides is 1. The van der Waals surface area contributed by atoms with E-state index in [1.807, 2.05) is 36.9 Å². The summed E-state index contributed by atoms with van der Waals surface area (Å²) in [6, 6.07) is 11.1. The molecule has 9 heteroatoms. The zero-order chi connectivity index (χ0) is 22.0. The van der Waals surface area contributed by atoms with Crippen LogP contribution in [-0.2, 0) is 0 Å². The number of aromatic nitrogens is 4. The number of hydrogen-bond acceptors (Lipinski definition) is 7. The maximum atomic E-state index is 13.0. The molecule has 0 unspecified atom stereocenters. The number of methoxy groups -OCH3 is 2. The van der Waals surface area contributed by atoms with Gasteiger partial charge < -0.3 is 19.3 Å². The second-order valence-corrected chi connectivity index (χ2v) is 7.47. The second kappa shape index (κ2) is 8.63. The minimum Gasteiger partial charge on any atom is -0.497 e. The molecule has 0 N–H and O–H groups in total. The molecule has 1 aliphatic heterocycles. The zero-order valence-electron chi connectivity index (χ0n) is 18.2. The normalized spacial score (nSPS) is 13.9. The van der Waals surface area contributed by atoms with Crippen LogP contribution in [0.5, 0.6) is 11.5 Å². The van der Waals surface area contributed by atoms with Gasteiger partial charge in [0.15, 0.2) is 11.6 Å². The summed E-state index contributed by atoms with van der Waals surface area (Å²) < 4.78 is 12.3. The van der Waals surface area contributed by atoms with Crippen molar-refractivity contribution < 1.29 is 14.3 Å². The lowest BCUT2D eigenvalue weighted by molar-refractivity contribution is 0.0745. The molecule has 9 nitrogen and oxygen atoms in total. The Hall–Kier alpha value is -3.62.